The lowest BCUT2D eigenvalue weighted by atomic mass is 10.2. The third-order valence-electron chi connectivity index (χ3n) is 3.43. The normalized spacial score (nSPS) is 12.5. The van der Waals surface area contributed by atoms with Crippen LogP contribution in [0.4, 0.5) is 4.79 Å². The molecule has 28 heavy (non-hydrogen) atoms. The highest BCUT2D eigenvalue weighted by Gasteiger charge is 2.31. The number of benzene rings is 1. The molecule has 1 rings (SSSR count). The van der Waals surface area contributed by atoms with E-state index in [0.717, 1.165) is 5.56 Å². The summed E-state index contributed by atoms with van der Waals surface area (Å²) in [4.78, 5) is 23.7. The molecule has 0 aliphatic rings. The van der Waals surface area contributed by atoms with Crippen molar-refractivity contribution in [2.24, 2.45) is 0 Å². The molecule has 0 aliphatic heterocycles. The Bertz CT molecular complexity index is 744. The van der Waals surface area contributed by atoms with Gasteiger partial charge in [0.25, 0.3) is 0 Å². The topological polar surface area (TPSA) is 103 Å². The number of hydrogen-bond donors (Lipinski definition) is 2. The van der Waals surface area contributed by atoms with Gasteiger partial charge in [0.05, 0.1) is 13.2 Å². The van der Waals surface area contributed by atoms with Gasteiger partial charge in [-0.15, -0.1) is 0 Å². The first-order chi connectivity index (χ1) is 12.5. The summed E-state index contributed by atoms with van der Waals surface area (Å²) in [5.41, 5.74) is 0.266. The van der Waals surface area contributed by atoms with E-state index in [0.29, 0.717) is 0 Å². The van der Waals surface area contributed by atoms with Gasteiger partial charge in [-0.05, 0) is 46.8 Å². The molecular formula is C18H29ClN2O6S. The molecule has 1 atom stereocenters. The minimum Gasteiger partial charge on any atom is -1.00 e. The third-order valence-corrected chi connectivity index (χ3v) is 5.43. The predicted molar refractivity (Wildman–Crippen MR) is 99.9 cm³/mol. The van der Waals surface area contributed by atoms with Gasteiger partial charge < -0.3 is 27.2 Å². The van der Waals surface area contributed by atoms with Crippen LogP contribution in [0.15, 0.2) is 29.2 Å². The van der Waals surface area contributed by atoms with Crippen molar-refractivity contribution in [3.63, 3.8) is 0 Å². The molecule has 1 aromatic carbocycles. The molecule has 10 heteroatoms. The highest BCUT2D eigenvalue weighted by molar-refractivity contribution is 7.85. The second-order valence-electron chi connectivity index (χ2n) is 7.02. The van der Waals surface area contributed by atoms with E-state index < -0.39 is 27.7 Å². The van der Waals surface area contributed by atoms with E-state index >= 15 is 0 Å². The Kier molecular flexibility index (Phi) is 10.5. The van der Waals surface area contributed by atoms with Crippen molar-refractivity contribution in [2.45, 2.75) is 45.1 Å². The van der Waals surface area contributed by atoms with Crippen molar-refractivity contribution in [1.82, 2.24) is 5.32 Å². The molecule has 0 bridgehead atoms. The number of carbonyl (C=O) groups excluding carboxylic acids is 2. The van der Waals surface area contributed by atoms with Gasteiger partial charge in [-0.1, -0.05) is 17.7 Å². The molecule has 8 nitrogen and oxygen atoms in total. The number of alkyl carbamates (subject to hydrolysis) is 1. The monoisotopic (exact) mass is 436 g/mol. The van der Waals surface area contributed by atoms with Crippen molar-refractivity contribution in [3.8, 4) is 0 Å². The van der Waals surface area contributed by atoms with Gasteiger partial charge in [0.2, 0.25) is 0 Å². The number of carbonyl (C=O) groups is 2. The number of aryl methyl sites for hydroxylation is 1. The van der Waals surface area contributed by atoms with E-state index in [1.807, 2.05) is 6.92 Å². The Balaban J connectivity index is 0.00000729. The van der Waals surface area contributed by atoms with Crippen LogP contribution in [-0.4, -0.2) is 52.3 Å². The maximum atomic E-state index is 12.9. The first kappa shape index (κ1) is 26.2. The zero-order valence-corrected chi connectivity index (χ0v) is 18.4. The summed E-state index contributed by atoms with van der Waals surface area (Å²) in [6, 6.07) is 6.37. The summed E-state index contributed by atoms with van der Waals surface area (Å²) in [5.74, 6) is -0.625. The number of halogens is 1. The summed E-state index contributed by atoms with van der Waals surface area (Å²) in [6.45, 7) is 8.49. The fraction of sp³-hybridized carbons (Fsp3) is 0.556. The van der Waals surface area contributed by atoms with Crippen LogP contribution >= 0.6 is 0 Å². The van der Waals surface area contributed by atoms with Crippen molar-refractivity contribution < 1.29 is 44.2 Å². The Morgan fingerprint density at radius 1 is 1.14 bits per heavy atom. The molecule has 1 amide bonds. The van der Waals surface area contributed by atoms with Crippen molar-refractivity contribution in [2.75, 3.05) is 26.2 Å². The van der Waals surface area contributed by atoms with Crippen LogP contribution in [0.3, 0.4) is 0 Å². The van der Waals surface area contributed by atoms with Crippen LogP contribution in [-0.2, 0) is 24.3 Å². The van der Waals surface area contributed by atoms with Crippen LogP contribution in [0.25, 0.3) is 0 Å². The Hall–Kier alpha value is -1.84. The predicted octanol–water partition coefficient (Wildman–Crippen LogP) is -2.34. The van der Waals surface area contributed by atoms with Crippen molar-refractivity contribution >= 4 is 22.1 Å². The molecule has 0 fully saturated rings. The number of nitrogens with one attached hydrogen (secondary N) is 2. The maximum Gasteiger partial charge on any atom is 0.407 e. The summed E-state index contributed by atoms with van der Waals surface area (Å²) in [7, 11) is -3.84. The van der Waals surface area contributed by atoms with E-state index in [-0.39, 0.29) is 47.8 Å². The number of ether oxygens (including phenoxy) is 2. The van der Waals surface area contributed by atoms with E-state index in [4.69, 9.17) is 9.47 Å². The second-order valence-corrected chi connectivity index (χ2v) is 9.07. The lowest BCUT2D eigenvalue weighted by Gasteiger charge is -2.21. The van der Waals surface area contributed by atoms with Gasteiger partial charge in [0.1, 0.15) is 17.0 Å². The fourth-order valence-corrected chi connectivity index (χ4v) is 3.70. The minimum absolute atomic E-state index is 0. The van der Waals surface area contributed by atoms with Crippen LogP contribution in [0.5, 0.6) is 0 Å². The molecule has 0 aliphatic carbocycles. The van der Waals surface area contributed by atoms with E-state index in [2.05, 4.69) is 5.32 Å². The molecule has 2 N–H and O–H groups in total. The average Bonchev–Trinajstić information content (AvgIpc) is 2.52. The first-order valence-electron chi connectivity index (χ1n) is 8.74. The van der Waals surface area contributed by atoms with E-state index in [9.17, 15) is 18.0 Å². The lowest BCUT2D eigenvalue weighted by Crippen LogP contribution is -3.15. The number of rotatable bonds is 8. The first-order valence-corrected chi connectivity index (χ1v) is 10.2. The molecule has 1 aromatic rings. The molecule has 0 saturated heterocycles. The molecule has 0 saturated carbocycles. The van der Waals surface area contributed by atoms with Crippen LogP contribution in [0.2, 0.25) is 0 Å². The van der Waals surface area contributed by atoms with Crippen molar-refractivity contribution in [1.29, 1.82) is 0 Å². The maximum absolute atomic E-state index is 12.9. The SMILES string of the molecule is CCOC(=O)C[NH+](CCNC(=O)OC(C)(C)C)S(=O)(=O)c1ccc(C)cc1.[Cl-]. The Labute approximate surface area is 173 Å². The lowest BCUT2D eigenvalue weighted by molar-refractivity contribution is -0.757. The summed E-state index contributed by atoms with van der Waals surface area (Å²) in [6.07, 6.45) is -0.647. The summed E-state index contributed by atoms with van der Waals surface area (Å²) >= 11 is 0. The second kappa shape index (κ2) is 11.2. The summed E-state index contributed by atoms with van der Waals surface area (Å²) in [5, 5.41) is 2.51. The number of amides is 1. The standard InChI is InChI=1S/C18H28N2O6S.ClH/c1-6-25-16(21)13-20(12-11-19-17(22)26-18(3,4)5)27(23,24)15-9-7-14(2)8-10-15;/h7-10H,6,11-13H2,1-5H3,(H,19,22);1H. The smallest absolute Gasteiger partial charge is 0.407 e. The largest absolute Gasteiger partial charge is 1.00 e. The zero-order valence-electron chi connectivity index (χ0n) is 16.9. The highest BCUT2D eigenvalue weighted by atomic mass is 35.5. The van der Waals surface area contributed by atoms with Gasteiger partial charge in [0.15, 0.2) is 6.54 Å². The number of hydrogen-bond acceptors (Lipinski definition) is 6. The fourth-order valence-electron chi connectivity index (χ4n) is 2.19. The van der Waals surface area contributed by atoms with Crippen LogP contribution in [0, 0.1) is 6.92 Å². The number of quaternary nitrogens is 1. The molecular weight excluding hydrogens is 408 g/mol. The molecule has 0 radical (unpaired) electrons. The quantitative estimate of drug-likeness (QED) is 0.443. The van der Waals surface area contributed by atoms with Gasteiger partial charge in [-0.25, -0.2) is 13.9 Å². The molecule has 160 valence electrons. The van der Waals surface area contributed by atoms with Crippen LogP contribution < -0.4 is 22.0 Å². The Morgan fingerprint density at radius 3 is 2.21 bits per heavy atom. The number of sulfonamides is 1. The third kappa shape index (κ3) is 8.90. The van der Waals surface area contributed by atoms with Crippen LogP contribution in [0.1, 0.15) is 33.3 Å². The van der Waals surface area contributed by atoms with Gasteiger partial charge >= 0.3 is 22.1 Å². The van der Waals surface area contributed by atoms with Gasteiger partial charge in [0, 0.05) is 0 Å². The molecule has 0 heterocycles. The van der Waals surface area contributed by atoms with E-state index in [1.165, 1.54) is 12.1 Å². The van der Waals surface area contributed by atoms with Crippen molar-refractivity contribution in [3.05, 3.63) is 29.8 Å². The van der Waals surface area contributed by atoms with Gasteiger partial charge in [-0.2, -0.15) is 8.42 Å². The average molecular weight is 437 g/mol. The minimum atomic E-state index is -3.84. The molecule has 0 aromatic heterocycles. The van der Waals surface area contributed by atoms with Gasteiger partial charge in [-0.3, -0.25) is 0 Å². The number of esters is 1. The van der Waals surface area contributed by atoms with E-state index in [1.54, 1.807) is 39.8 Å². The zero-order chi connectivity index (χ0) is 20.7. The summed E-state index contributed by atoms with van der Waals surface area (Å²) < 4.78 is 35.8. The molecule has 0 spiro atoms. The Morgan fingerprint density at radius 2 is 1.71 bits per heavy atom. The highest BCUT2D eigenvalue weighted by Crippen LogP contribution is 2.08. The molecule has 1 unspecified atom stereocenters.